The number of likely N-dealkylation sites (tertiary alicyclic amines) is 1. The van der Waals surface area contributed by atoms with Gasteiger partial charge in [0.1, 0.15) is 6.61 Å². The number of pyridine rings is 1. The van der Waals surface area contributed by atoms with Crippen molar-refractivity contribution in [2.75, 3.05) is 39.9 Å². The Hall–Kier alpha value is -1.95. The van der Waals surface area contributed by atoms with Gasteiger partial charge in [-0.2, -0.15) is 0 Å². The van der Waals surface area contributed by atoms with Crippen molar-refractivity contribution in [3.8, 4) is 0 Å². The van der Waals surface area contributed by atoms with Crippen LogP contribution in [0.15, 0.2) is 18.3 Å². The first-order valence-corrected chi connectivity index (χ1v) is 7.98. The number of aromatic nitrogens is 1. The molecule has 0 saturated carbocycles. The van der Waals surface area contributed by atoms with Gasteiger partial charge in [0.05, 0.1) is 13.0 Å². The lowest BCUT2D eigenvalue weighted by molar-refractivity contribution is -0.132. The van der Waals surface area contributed by atoms with E-state index in [-0.39, 0.29) is 23.8 Å². The number of ether oxygens (including phenoxy) is 1. The highest BCUT2D eigenvalue weighted by Crippen LogP contribution is 2.33. The number of hydrogen-bond acceptors (Lipinski definition) is 4. The number of likely N-dealkylation sites (N-methyl/N-ethyl adjacent to an activating group) is 1. The summed E-state index contributed by atoms with van der Waals surface area (Å²) in [7, 11) is 1.81. The summed E-state index contributed by atoms with van der Waals surface area (Å²) in [6, 6.07) is 3.88. The Bertz CT molecular complexity index is 602. The summed E-state index contributed by atoms with van der Waals surface area (Å²) in [5, 5.41) is 0. The molecule has 124 valence electrons. The van der Waals surface area contributed by atoms with Crippen molar-refractivity contribution < 1.29 is 14.3 Å². The van der Waals surface area contributed by atoms with Crippen molar-refractivity contribution in [2.24, 2.45) is 5.41 Å². The zero-order valence-electron chi connectivity index (χ0n) is 13.7. The fraction of sp³-hybridized carbons (Fsp3) is 0.588. The minimum absolute atomic E-state index is 0.0115. The van der Waals surface area contributed by atoms with E-state index < -0.39 is 0 Å². The normalized spacial score (nSPS) is 25.0. The average Bonchev–Trinajstić information content (AvgIpc) is 2.87. The third-order valence-corrected chi connectivity index (χ3v) is 4.75. The molecule has 23 heavy (non-hydrogen) atoms. The van der Waals surface area contributed by atoms with Gasteiger partial charge < -0.3 is 14.5 Å². The fourth-order valence-corrected chi connectivity index (χ4v) is 3.39. The molecule has 3 rings (SSSR count). The van der Waals surface area contributed by atoms with E-state index in [4.69, 9.17) is 4.74 Å². The number of carbonyl (C=O) groups is 2. The number of rotatable bonds is 2. The van der Waals surface area contributed by atoms with Crippen molar-refractivity contribution in [1.82, 2.24) is 14.8 Å². The van der Waals surface area contributed by atoms with Gasteiger partial charge in [0, 0.05) is 44.0 Å². The molecule has 0 aliphatic carbocycles. The monoisotopic (exact) mass is 317 g/mol. The van der Waals surface area contributed by atoms with Gasteiger partial charge in [-0.15, -0.1) is 0 Å². The maximum Gasteiger partial charge on any atom is 0.248 e. The van der Waals surface area contributed by atoms with Crippen molar-refractivity contribution in [3.05, 3.63) is 29.6 Å². The van der Waals surface area contributed by atoms with Gasteiger partial charge in [-0.25, -0.2) is 0 Å². The molecule has 2 amide bonds. The standard InChI is InChI=1S/C17H23N3O3/c1-13-3-4-14(8-18-13)7-15(21)20-6-5-17(11-20)10-19(2)16(22)9-23-12-17/h3-4,8H,5-7,9-12H2,1-2H3. The topological polar surface area (TPSA) is 62.7 Å². The SMILES string of the molecule is Cc1ccc(CC(=O)N2CCC3(COCC(=O)N(C)C3)C2)cn1. The summed E-state index contributed by atoms with van der Waals surface area (Å²) in [4.78, 5) is 32.1. The molecule has 1 atom stereocenters. The second-order valence-corrected chi connectivity index (χ2v) is 6.79. The van der Waals surface area contributed by atoms with E-state index in [1.165, 1.54) is 0 Å². The Balaban J connectivity index is 1.63. The Labute approximate surface area is 136 Å². The molecule has 1 aromatic heterocycles. The number of aryl methyl sites for hydroxylation is 1. The van der Waals surface area contributed by atoms with E-state index in [0.29, 0.717) is 26.1 Å². The minimum atomic E-state index is -0.123. The van der Waals surface area contributed by atoms with E-state index >= 15 is 0 Å². The molecule has 2 fully saturated rings. The fourth-order valence-electron chi connectivity index (χ4n) is 3.39. The molecule has 0 radical (unpaired) electrons. The second kappa shape index (κ2) is 6.28. The summed E-state index contributed by atoms with van der Waals surface area (Å²) in [5.41, 5.74) is 1.76. The number of carbonyl (C=O) groups excluding carboxylic acids is 2. The number of hydrogen-bond donors (Lipinski definition) is 0. The zero-order chi connectivity index (χ0) is 16.4. The summed E-state index contributed by atoms with van der Waals surface area (Å²) in [6.07, 6.45) is 3.02. The molecule has 2 aliphatic rings. The zero-order valence-corrected chi connectivity index (χ0v) is 13.7. The van der Waals surface area contributed by atoms with Gasteiger partial charge in [0.2, 0.25) is 11.8 Å². The summed E-state index contributed by atoms with van der Waals surface area (Å²) in [5.74, 6) is 0.128. The summed E-state index contributed by atoms with van der Waals surface area (Å²) < 4.78 is 5.54. The van der Waals surface area contributed by atoms with Gasteiger partial charge >= 0.3 is 0 Å². The van der Waals surface area contributed by atoms with Crippen LogP contribution in [0.4, 0.5) is 0 Å². The summed E-state index contributed by atoms with van der Waals surface area (Å²) in [6.45, 7) is 4.65. The lowest BCUT2D eigenvalue weighted by atomic mass is 9.88. The van der Waals surface area contributed by atoms with Crippen molar-refractivity contribution in [1.29, 1.82) is 0 Å². The molecule has 1 aromatic rings. The van der Waals surface area contributed by atoms with Gasteiger partial charge in [-0.3, -0.25) is 14.6 Å². The van der Waals surface area contributed by atoms with Gasteiger partial charge in [0.25, 0.3) is 0 Å². The first-order valence-electron chi connectivity index (χ1n) is 7.98. The van der Waals surface area contributed by atoms with E-state index in [1.54, 1.807) is 18.1 Å². The van der Waals surface area contributed by atoms with Crippen LogP contribution in [0.1, 0.15) is 17.7 Å². The maximum absolute atomic E-state index is 12.5. The van der Waals surface area contributed by atoms with Crippen molar-refractivity contribution in [2.45, 2.75) is 19.8 Å². The average molecular weight is 317 g/mol. The molecular weight excluding hydrogens is 294 g/mol. The minimum Gasteiger partial charge on any atom is -0.371 e. The van der Waals surface area contributed by atoms with E-state index in [9.17, 15) is 9.59 Å². The van der Waals surface area contributed by atoms with Crippen LogP contribution < -0.4 is 0 Å². The van der Waals surface area contributed by atoms with E-state index in [0.717, 1.165) is 24.2 Å². The first-order chi connectivity index (χ1) is 11.0. The van der Waals surface area contributed by atoms with Crippen molar-refractivity contribution >= 4 is 11.8 Å². The number of amides is 2. The van der Waals surface area contributed by atoms with Crippen LogP contribution >= 0.6 is 0 Å². The smallest absolute Gasteiger partial charge is 0.248 e. The predicted molar refractivity (Wildman–Crippen MR) is 84.8 cm³/mol. The van der Waals surface area contributed by atoms with Crippen LogP contribution in [0.25, 0.3) is 0 Å². The predicted octanol–water partition coefficient (Wildman–Crippen LogP) is 0.640. The molecule has 0 bridgehead atoms. The highest BCUT2D eigenvalue weighted by Gasteiger charge is 2.43. The largest absolute Gasteiger partial charge is 0.371 e. The Morgan fingerprint density at radius 1 is 1.39 bits per heavy atom. The highest BCUT2D eigenvalue weighted by atomic mass is 16.5. The molecule has 1 unspecified atom stereocenters. The van der Waals surface area contributed by atoms with Crippen LogP contribution in [0.2, 0.25) is 0 Å². The van der Waals surface area contributed by atoms with Crippen LogP contribution in [0.5, 0.6) is 0 Å². The number of nitrogens with zero attached hydrogens (tertiary/aromatic N) is 3. The molecule has 6 heteroatoms. The van der Waals surface area contributed by atoms with Crippen LogP contribution in [0.3, 0.4) is 0 Å². The second-order valence-electron chi connectivity index (χ2n) is 6.79. The first kappa shape index (κ1) is 15.9. The molecule has 2 aliphatic heterocycles. The third-order valence-electron chi connectivity index (χ3n) is 4.75. The Kier molecular flexibility index (Phi) is 4.35. The lowest BCUT2D eigenvalue weighted by Crippen LogP contribution is -2.41. The highest BCUT2D eigenvalue weighted by molar-refractivity contribution is 5.79. The summed E-state index contributed by atoms with van der Waals surface area (Å²) >= 11 is 0. The van der Waals surface area contributed by atoms with Crippen LogP contribution in [-0.2, 0) is 20.7 Å². The maximum atomic E-state index is 12.5. The molecule has 1 spiro atoms. The molecule has 2 saturated heterocycles. The van der Waals surface area contributed by atoms with Gasteiger partial charge in [-0.05, 0) is 25.0 Å². The Morgan fingerprint density at radius 3 is 2.96 bits per heavy atom. The lowest BCUT2D eigenvalue weighted by Gasteiger charge is -2.29. The van der Waals surface area contributed by atoms with E-state index in [1.807, 2.05) is 24.0 Å². The molecule has 0 N–H and O–H groups in total. The van der Waals surface area contributed by atoms with E-state index in [2.05, 4.69) is 4.98 Å². The molecule has 6 nitrogen and oxygen atoms in total. The quantitative estimate of drug-likeness (QED) is 0.803. The van der Waals surface area contributed by atoms with Crippen LogP contribution in [0, 0.1) is 12.3 Å². The molecule has 0 aromatic carbocycles. The van der Waals surface area contributed by atoms with Gasteiger partial charge in [0.15, 0.2) is 0 Å². The van der Waals surface area contributed by atoms with Gasteiger partial charge in [-0.1, -0.05) is 6.07 Å². The third kappa shape index (κ3) is 3.52. The Morgan fingerprint density at radius 2 is 2.22 bits per heavy atom. The van der Waals surface area contributed by atoms with Crippen molar-refractivity contribution in [3.63, 3.8) is 0 Å². The molecular formula is C17H23N3O3. The van der Waals surface area contributed by atoms with Crippen LogP contribution in [-0.4, -0.2) is 66.5 Å². The molecule has 3 heterocycles.